The molecule has 0 aromatic carbocycles. The fraction of sp³-hybridized carbons (Fsp3) is 0.533. The molecular formula is C15H21BN4O2S. The van der Waals surface area contributed by atoms with Crippen molar-refractivity contribution in [2.75, 3.05) is 6.26 Å². The predicted molar refractivity (Wildman–Crippen MR) is 91.4 cm³/mol. The number of nitrogens with zero attached hydrogens (tertiary/aromatic N) is 4. The number of thioether (sulfide) groups is 1. The summed E-state index contributed by atoms with van der Waals surface area (Å²) in [5.41, 5.74) is 1.06. The molecule has 2 aromatic rings. The van der Waals surface area contributed by atoms with E-state index in [0.717, 1.165) is 22.1 Å². The van der Waals surface area contributed by atoms with Gasteiger partial charge in [-0.05, 0) is 40.9 Å². The molecule has 0 bridgehead atoms. The van der Waals surface area contributed by atoms with Crippen LogP contribution in [0.2, 0.25) is 0 Å². The van der Waals surface area contributed by atoms with Gasteiger partial charge in [0.05, 0.1) is 11.2 Å². The van der Waals surface area contributed by atoms with Gasteiger partial charge < -0.3 is 9.31 Å². The lowest BCUT2D eigenvalue weighted by Crippen LogP contribution is -2.41. The van der Waals surface area contributed by atoms with E-state index >= 15 is 0 Å². The van der Waals surface area contributed by atoms with Gasteiger partial charge in [-0.1, -0.05) is 11.8 Å². The Labute approximate surface area is 141 Å². The van der Waals surface area contributed by atoms with Crippen LogP contribution in [0.1, 0.15) is 33.4 Å². The molecule has 1 aliphatic heterocycles. The summed E-state index contributed by atoms with van der Waals surface area (Å²) >= 11 is 1.51. The van der Waals surface area contributed by atoms with Gasteiger partial charge >= 0.3 is 7.12 Å². The predicted octanol–water partition coefficient (Wildman–Crippen LogP) is 1.99. The molecule has 0 saturated carbocycles. The Kier molecular flexibility index (Phi) is 4.02. The molecule has 3 rings (SSSR count). The first-order chi connectivity index (χ1) is 10.7. The highest BCUT2D eigenvalue weighted by Crippen LogP contribution is 2.36. The second-order valence-electron chi connectivity index (χ2n) is 6.66. The van der Waals surface area contributed by atoms with Crippen molar-refractivity contribution in [2.24, 2.45) is 0 Å². The molecule has 0 N–H and O–H groups in total. The second-order valence-corrected chi connectivity index (χ2v) is 7.43. The minimum atomic E-state index is -0.420. The normalized spacial score (nSPS) is 19.3. The summed E-state index contributed by atoms with van der Waals surface area (Å²) in [7, 11) is -0.420. The lowest BCUT2D eigenvalue weighted by atomic mass is 9.82. The van der Waals surface area contributed by atoms with Crippen molar-refractivity contribution in [1.29, 1.82) is 0 Å². The summed E-state index contributed by atoms with van der Waals surface area (Å²) in [5.74, 6) is 0.740. The summed E-state index contributed by atoms with van der Waals surface area (Å²) in [5, 5.41) is 5.13. The molecule has 8 heteroatoms. The number of hydrogen-bond acceptors (Lipinski definition) is 6. The van der Waals surface area contributed by atoms with Crippen LogP contribution in [0.5, 0.6) is 0 Å². The molecule has 0 aliphatic carbocycles. The Balaban J connectivity index is 1.89. The molecule has 23 heavy (non-hydrogen) atoms. The SMILES string of the molecule is CSc1nc(C)cc(-n2cc(B3OC(C)(C)C(C)(C)O3)cn2)n1. The third-order valence-electron chi connectivity index (χ3n) is 4.37. The monoisotopic (exact) mass is 332 g/mol. The number of aromatic nitrogens is 4. The first-order valence-electron chi connectivity index (χ1n) is 7.52. The third kappa shape index (κ3) is 3.03. The largest absolute Gasteiger partial charge is 0.498 e. The zero-order valence-electron chi connectivity index (χ0n) is 14.3. The summed E-state index contributed by atoms with van der Waals surface area (Å²) in [4.78, 5) is 8.85. The van der Waals surface area contributed by atoms with Crippen molar-refractivity contribution in [1.82, 2.24) is 19.7 Å². The summed E-state index contributed by atoms with van der Waals surface area (Å²) in [6.45, 7) is 10.1. The van der Waals surface area contributed by atoms with Gasteiger partial charge in [0.25, 0.3) is 0 Å². The number of hydrogen-bond donors (Lipinski definition) is 0. The molecule has 122 valence electrons. The molecule has 0 unspecified atom stereocenters. The first-order valence-corrected chi connectivity index (χ1v) is 8.74. The van der Waals surface area contributed by atoms with E-state index in [1.165, 1.54) is 11.8 Å². The van der Waals surface area contributed by atoms with E-state index in [0.29, 0.717) is 0 Å². The quantitative estimate of drug-likeness (QED) is 0.487. The molecule has 2 aromatic heterocycles. The summed E-state index contributed by atoms with van der Waals surface area (Å²) in [6.07, 6.45) is 5.61. The minimum absolute atomic E-state index is 0.364. The fourth-order valence-corrected chi connectivity index (χ4v) is 2.72. The molecular weight excluding hydrogens is 311 g/mol. The van der Waals surface area contributed by atoms with Crippen LogP contribution < -0.4 is 5.46 Å². The lowest BCUT2D eigenvalue weighted by Gasteiger charge is -2.32. The van der Waals surface area contributed by atoms with Gasteiger partial charge in [-0.15, -0.1) is 0 Å². The minimum Gasteiger partial charge on any atom is -0.399 e. The van der Waals surface area contributed by atoms with E-state index < -0.39 is 7.12 Å². The molecule has 1 saturated heterocycles. The maximum Gasteiger partial charge on any atom is 0.498 e. The van der Waals surface area contributed by atoms with E-state index in [9.17, 15) is 0 Å². The van der Waals surface area contributed by atoms with E-state index in [1.807, 2.05) is 53.1 Å². The number of aryl methyl sites for hydroxylation is 1. The van der Waals surface area contributed by atoms with Crippen LogP contribution in [0.4, 0.5) is 0 Å². The Hall–Kier alpha value is -1.38. The van der Waals surface area contributed by atoms with Crippen molar-refractivity contribution in [3.8, 4) is 5.82 Å². The van der Waals surface area contributed by atoms with Gasteiger partial charge in [0.1, 0.15) is 0 Å². The maximum atomic E-state index is 6.06. The van der Waals surface area contributed by atoms with E-state index in [4.69, 9.17) is 9.31 Å². The van der Waals surface area contributed by atoms with E-state index in [2.05, 4.69) is 15.1 Å². The summed E-state index contributed by atoms with van der Waals surface area (Å²) < 4.78 is 13.8. The molecule has 6 nitrogen and oxygen atoms in total. The molecule has 0 spiro atoms. The van der Waals surface area contributed by atoms with Crippen molar-refractivity contribution in [3.63, 3.8) is 0 Å². The van der Waals surface area contributed by atoms with E-state index in [-0.39, 0.29) is 11.2 Å². The molecule has 0 atom stereocenters. The number of rotatable bonds is 3. The smallest absolute Gasteiger partial charge is 0.399 e. The molecule has 3 heterocycles. The van der Waals surface area contributed by atoms with Crippen LogP contribution in [-0.4, -0.2) is 44.3 Å². The van der Waals surface area contributed by atoms with Gasteiger partial charge in [-0.2, -0.15) is 5.10 Å². The van der Waals surface area contributed by atoms with E-state index in [1.54, 1.807) is 10.9 Å². The van der Waals surface area contributed by atoms with Crippen LogP contribution in [0.15, 0.2) is 23.6 Å². The molecule has 0 radical (unpaired) electrons. The fourth-order valence-electron chi connectivity index (χ4n) is 2.30. The van der Waals surface area contributed by atoms with Crippen molar-refractivity contribution in [3.05, 3.63) is 24.2 Å². The van der Waals surface area contributed by atoms with Crippen molar-refractivity contribution >= 4 is 24.3 Å². The van der Waals surface area contributed by atoms with Gasteiger partial charge in [-0.3, -0.25) is 0 Å². The average molecular weight is 332 g/mol. The van der Waals surface area contributed by atoms with Gasteiger partial charge in [-0.25, -0.2) is 14.6 Å². The Bertz CT molecular complexity index is 716. The Morgan fingerprint density at radius 1 is 1.13 bits per heavy atom. The second kappa shape index (κ2) is 5.61. The lowest BCUT2D eigenvalue weighted by molar-refractivity contribution is 0.00578. The zero-order valence-corrected chi connectivity index (χ0v) is 15.1. The van der Waals surface area contributed by atoms with Crippen LogP contribution in [0.25, 0.3) is 5.82 Å². The molecule has 1 aliphatic rings. The van der Waals surface area contributed by atoms with Crippen LogP contribution >= 0.6 is 11.8 Å². The average Bonchev–Trinajstić information content (AvgIpc) is 3.02. The topological polar surface area (TPSA) is 62.1 Å². The Morgan fingerprint density at radius 3 is 2.39 bits per heavy atom. The van der Waals surface area contributed by atoms with Crippen molar-refractivity contribution in [2.45, 2.75) is 51.0 Å². The van der Waals surface area contributed by atoms with Crippen LogP contribution in [0, 0.1) is 6.92 Å². The Morgan fingerprint density at radius 2 is 1.78 bits per heavy atom. The summed E-state index contributed by atoms with van der Waals surface area (Å²) in [6, 6.07) is 1.90. The highest BCUT2D eigenvalue weighted by Gasteiger charge is 2.52. The molecule has 1 fully saturated rings. The zero-order chi connectivity index (χ0) is 16.8. The van der Waals surface area contributed by atoms with Gasteiger partial charge in [0.15, 0.2) is 11.0 Å². The van der Waals surface area contributed by atoms with Crippen LogP contribution in [-0.2, 0) is 9.31 Å². The first kappa shape index (κ1) is 16.5. The van der Waals surface area contributed by atoms with Gasteiger partial charge in [0.2, 0.25) is 0 Å². The highest BCUT2D eigenvalue weighted by molar-refractivity contribution is 7.98. The van der Waals surface area contributed by atoms with Crippen molar-refractivity contribution < 1.29 is 9.31 Å². The standard InChI is InChI=1S/C15H21BN4O2S/c1-10-7-12(19-13(18-10)23-6)20-9-11(8-17-20)16-21-14(2,3)15(4,5)22-16/h7-9H,1-6H3. The van der Waals surface area contributed by atoms with Gasteiger partial charge in [0, 0.05) is 29.6 Å². The van der Waals surface area contributed by atoms with Crippen LogP contribution in [0.3, 0.4) is 0 Å². The third-order valence-corrected chi connectivity index (χ3v) is 4.91. The molecule has 0 amide bonds. The highest BCUT2D eigenvalue weighted by atomic mass is 32.2. The maximum absolute atomic E-state index is 6.06.